The third kappa shape index (κ3) is 4.39. The highest BCUT2D eigenvalue weighted by molar-refractivity contribution is 5.80. The van der Waals surface area contributed by atoms with Gasteiger partial charge in [-0.25, -0.2) is 4.99 Å². The van der Waals surface area contributed by atoms with Crippen LogP contribution in [0.5, 0.6) is 5.75 Å². The number of phenolic OH excluding ortho intramolecular Hbond substituents is 1. The van der Waals surface area contributed by atoms with Crippen LogP contribution in [0.25, 0.3) is 0 Å². The van der Waals surface area contributed by atoms with Crippen LogP contribution in [0, 0.1) is 0 Å². The summed E-state index contributed by atoms with van der Waals surface area (Å²) in [4.78, 5) is 4.67. The van der Waals surface area contributed by atoms with E-state index in [0.29, 0.717) is 12.3 Å². The highest BCUT2D eigenvalue weighted by Gasteiger charge is 2.17. The van der Waals surface area contributed by atoms with Crippen LogP contribution in [0.15, 0.2) is 17.1 Å². The van der Waals surface area contributed by atoms with Crippen molar-refractivity contribution in [3.8, 4) is 5.75 Å². The topological polar surface area (TPSA) is 56.7 Å². The average molecular weight is 303 g/mol. The Morgan fingerprint density at radius 1 is 1.23 bits per heavy atom. The fourth-order valence-electron chi connectivity index (χ4n) is 2.89. The molecule has 4 nitrogen and oxygen atoms in total. The minimum atomic E-state index is -0.0425. The summed E-state index contributed by atoms with van der Waals surface area (Å²) in [6.45, 7) is 9.73. The van der Waals surface area contributed by atoms with E-state index >= 15 is 0 Å². The number of fused-ring (bicyclic) bond motifs is 1. The van der Waals surface area contributed by atoms with Gasteiger partial charge in [-0.2, -0.15) is 0 Å². The minimum Gasteiger partial charge on any atom is -0.508 e. The summed E-state index contributed by atoms with van der Waals surface area (Å²) in [6, 6.07) is 3.88. The number of rotatable bonds is 3. The number of benzene rings is 1. The molecular weight excluding hydrogens is 274 g/mol. The van der Waals surface area contributed by atoms with Crippen LogP contribution in [-0.4, -0.2) is 23.1 Å². The maximum Gasteiger partial charge on any atom is 0.191 e. The molecule has 2 rings (SSSR count). The Kier molecular flexibility index (Phi) is 5.33. The van der Waals surface area contributed by atoms with Crippen molar-refractivity contribution in [2.75, 3.05) is 6.54 Å². The molecule has 0 saturated carbocycles. The summed E-state index contributed by atoms with van der Waals surface area (Å²) in [5, 5.41) is 16.9. The molecule has 1 aromatic rings. The van der Waals surface area contributed by atoms with Crippen molar-refractivity contribution in [1.29, 1.82) is 0 Å². The standard InChI is InChI=1S/C18H29N3O/c1-5-19-17(21-18(2,3)4)20-12-15-14-9-7-6-8-13(14)10-11-16(15)22/h10-11,22H,5-9,12H2,1-4H3,(H2,19,20,21). The molecule has 1 aliphatic rings. The first-order chi connectivity index (χ1) is 10.4. The molecule has 3 N–H and O–H groups in total. The van der Waals surface area contributed by atoms with Gasteiger partial charge in [0.15, 0.2) is 5.96 Å². The van der Waals surface area contributed by atoms with Crippen molar-refractivity contribution >= 4 is 5.96 Å². The molecule has 0 spiro atoms. The second-order valence-electron chi connectivity index (χ2n) is 6.98. The lowest BCUT2D eigenvalue weighted by Gasteiger charge is -2.24. The molecule has 22 heavy (non-hydrogen) atoms. The first-order valence-corrected chi connectivity index (χ1v) is 8.30. The van der Waals surface area contributed by atoms with Crippen LogP contribution in [-0.2, 0) is 19.4 Å². The summed E-state index contributed by atoms with van der Waals surface area (Å²) >= 11 is 0. The summed E-state index contributed by atoms with van der Waals surface area (Å²) in [5.41, 5.74) is 3.63. The zero-order valence-corrected chi connectivity index (χ0v) is 14.3. The molecule has 0 heterocycles. The summed E-state index contributed by atoms with van der Waals surface area (Å²) in [6.07, 6.45) is 4.62. The molecule has 1 aromatic carbocycles. The second-order valence-corrected chi connectivity index (χ2v) is 6.98. The Labute approximate surface area is 134 Å². The molecule has 0 radical (unpaired) electrons. The normalized spacial score (nSPS) is 15.4. The Morgan fingerprint density at radius 3 is 2.64 bits per heavy atom. The van der Waals surface area contributed by atoms with E-state index in [-0.39, 0.29) is 5.54 Å². The molecular formula is C18H29N3O. The first-order valence-electron chi connectivity index (χ1n) is 8.30. The second kappa shape index (κ2) is 7.03. The monoisotopic (exact) mass is 303 g/mol. The number of guanidine groups is 1. The minimum absolute atomic E-state index is 0.0425. The molecule has 4 heteroatoms. The van der Waals surface area contributed by atoms with E-state index in [2.05, 4.69) is 49.4 Å². The number of phenols is 1. The Bertz CT molecular complexity index is 544. The van der Waals surface area contributed by atoms with E-state index in [4.69, 9.17) is 0 Å². The Morgan fingerprint density at radius 2 is 1.95 bits per heavy atom. The van der Waals surface area contributed by atoms with Crippen molar-refractivity contribution in [1.82, 2.24) is 10.6 Å². The molecule has 0 atom stereocenters. The largest absolute Gasteiger partial charge is 0.508 e. The van der Waals surface area contributed by atoms with Gasteiger partial charge in [0, 0.05) is 17.6 Å². The maximum atomic E-state index is 10.2. The van der Waals surface area contributed by atoms with E-state index in [0.717, 1.165) is 30.9 Å². The van der Waals surface area contributed by atoms with Crippen LogP contribution in [0.1, 0.15) is 57.2 Å². The van der Waals surface area contributed by atoms with Gasteiger partial charge in [0.2, 0.25) is 0 Å². The van der Waals surface area contributed by atoms with Crippen molar-refractivity contribution in [2.24, 2.45) is 4.99 Å². The third-order valence-corrected chi connectivity index (χ3v) is 3.86. The van der Waals surface area contributed by atoms with E-state index in [1.807, 2.05) is 6.07 Å². The van der Waals surface area contributed by atoms with Gasteiger partial charge in [-0.05, 0) is 70.6 Å². The quantitative estimate of drug-likeness (QED) is 0.594. The lowest BCUT2D eigenvalue weighted by molar-refractivity contribution is 0.465. The van der Waals surface area contributed by atoms with Gasteiger partial charge in [-0.15, -0.1) is 0 Å². The number of aromatic hydroxyl groups is 1. The van der Waals surface area contributed by atoms with E-state index in [9.17, 15) is 5.11 Å². The van der Waals surface area contributed by atoms with Crippen molar-refractivity contribution in [3.05, 3.63) is 28.8 Å². The summed E-state index contributed by atoms with van der Waals surface area (Å²) < 4.78 is 0. The molecule has 0 fully saturated rings. The fraction of sp³-hybridized carbons (Fsp3) is 0.611. The van der Waals surface area contributed by atoms with Crippen LogP contribution in [0.3, 0.4) is 0 Å². The Hall–Kier alpha value is -1.71. The number of nitrogens with zero attached hydrogens (tertiary/aromatic N) is 1. The molecule has 0 amide bonds. The number of aliphatic imine (C=N–C) groups is 1. The van der Waals surface area contributed by atoms with Gasteiger partial charge in [-0.3, -0.25) is 0 Å². The smallest absolute Gasteiger partial charge is 0.191 e. The van der Waals surface area contributed by atoms with Gasteiger partial charge in [0.25, 0.3) is 0 Å². The molecule has 0 aromatic heterocycles. The highest BCUT2D eigenvalue weighted by Crippen LogP contribution is 2.31. The van der Waals surface area contributed by atoms with Crippen molar-refractivity contribution < 1.29 is 5.11 Å². The number of aryl methyl sites for hydroxylation is 1. The number of hydrogen-bond acceptors (Lipinski definition) is 2. The number of hydrogen-bond donors (Lipinski definition) is 3. The van der Waals surface area contributed by atoms with E-state index in [1.165, 1.54) is 24.0 Å². The van der Waals surface area contributed by atoms with Crippen molar-refractivity contribution in [3.63, 3.8) is 0 Å². The molecule has 1 aliphatic carbocycles. The summed E-state index contributed by atoms with van der Waals surface area (Å²) in [7, 11) is 0. The lowest BCUT2D eigenvalue weighted by Crippen LogP contribution is -2.47. The van der Waals surface area contributed by atoms with E-state index in [1.54, 1.807) is 0 Å². The van der Waals surface area contributed by atoms with Crippen LogP contribution in [0.4, 0.5) is 0 Å². The first kappa shape index (κ1) is 16.7. The van der Waals surface area contributed by atoms with Gasteiger partial charge < -0.3 is 15.7 Å². The zero-order chi connectivity index (χ0) is 16.2. The predicted octanol–water partition coefficient (Wildman–Crippen LogP) is 3.12. The SMILES string of the molecule is CCNC(=NCc1c(O)ccc2c1CCCC2)NC(C)(C)C. The van der Waals surface area contributed by atoms with Crippen LogP contribution >= 0.6 is 0 Å². The molecule has 122 valence electrons. The maximum absolute atomic E-state index is 10.2. The van der Waals surface area contributed by atoms with Gasteiger partial charge in [0.05, 0.1) is 6.54 Å². The third-order valence-electron chi connectivity index (χ3n) is 3.86. The summed E-state index contributed by atoms with van der Waals surface area (Å²) in [5.74, 6) is 1.17. The Balaban J connectivity index is 2.23. The van der Waals surface area contributed by atoms with E-state index < -0.39 is 0 Å². The lowest BCUT2D eigenvalue weighted by atomic mass is 9.88. The predicted molar refractivity (Wildman–Crippen MR) is 92.5 cm³/mol. The van der Waals surface area contributed by atoms with Gasteiger partial charge >= 0.3 is 0 Å². The van der Waals surface area contributed by atoms with Gasteiger partial charge in [0.1, 0.15) is 5.75 Å². The molecule has 0 unspecified atom stereocenters. The van der Waals surface area contributed by atoms with Crippen LogP contribution in [0.2, 0.25) is 0 Å². The van der Waals surface area contributed by atoms with Crippen molar-refractivity contribution in [2.45, 2.75) is 65.5 Å². The molecule has 0 saturated heterocycles. The molecule has 0 aliphatic heterocycles. The number of nitrogens with one attached hydrogen (secondary N) is 2. The molecule has 0 bridgehead atoms. The average Bonchev–Trinajstić information content (AvgIpc) is 2.44. The van der Waals surface area contributed by atoms with Gasteiger partial charge in [-0.1, -0.05) is 6.07 Å². The van der Waals surface area contributed by atoms with Crippen LogP contribution < -0.4 is 10.6 Å². The highest BCUT2D eigenvalue weighted by atomic mass is 16.3. The zero-order valence-electron chi connectivity index (χ0n) is 14.3. The fourth-order valence-corrected chi connectivity index (χ4v) is 2.89.